The molecule has 2 amide bonds. The third kappa shape index (κ3) is 2.45. The number of urea groups is 1. The summed E-state index contributed by atoms with van der Waals surface area (Å²) in [7, 11) is 0. The number of carbonyl (C=O) groups is 1. The summed E-state index contributed by atoms with van der Waals surface area (Å²) in [5.74, 6) is 0. The molecule has 1 aromatic carbocycles. The Kier molecular flexibility index (Phi) is 3.19. The summed E-state index contributed by atoms with van der Waals surface area (Å²) in [4.78, 5) is 14.4. The lowest BCUT2D eigenvalue weighted by Crippen LogP contribution is -2.51. The van der Waals surface area contributed by atoms with E-state index in [1.54, 1.807) is 0 Å². The summed E-state index contributed by atoms with van der Waals surface area (Å²) < 4.78 is 0. The van der Waals surface area contributed by atoms with Crippen molar-refractivity contribution in [3.63, 3.8) is 0 Å². The van der Waals surface area contributed by atoms with Crippen molar-refractivity contribution in [3.05, 3.63) is 29.8 Å². The van der Waals surface area contributed by atoms with E-state index in [9.17, 15) is 4.79 Å². The van der Waals surface area contributed by atoms with Crippen LogP contribution < -0.4 is 11.1 Å². The van der Waals surface area contributed by atoms with Crippen LogP contribution in [0.1, 0.15) is 31.2 Å². The van der Waals surface area contributed by atoms with Crippen molar-refractivity contribution < 1.29 is 4.79 Å². The van der Waals surface area contributed by atoms with Crippen molar-refractivity contribution in [1.82, 2.24) is 4.90 Å². The minimum Gasteiger partial charge on any atom is -0.328 e. The largest absolute Gasteiger partial charge is 0.328 e. The number of fused-ring (bicyclic) bond motifs is 2. The first-order valence-electron chi connectivity index (χ1n) is 7.05. The summed E-state index contributed by atoms with van der Waals surface area (Å²) in [6.07, 6.45) is 4.08. The summed E-state index contributed by atoms with van der Waals surface area (Å²) in [5, 5.41) is 3.01. The molecule has 0 radical (unpaired) electrons. The van der Waals surface area contributed by atoms with Crippen LogP contribution >= 0.6 is 0 Å². The van der Waals surface area contributed by atoms with E-state index < -0.39 is 0 Å². The minimum atomic E-state index is 0.0324. The SMILES string of the molecule is Cc1cccc(NC(=O)N2C3CCC2CC(N)C3)c1. The van der Waals surface area contributed by atoms with Crippen LogP contribution in [0.15, 0.2) is 24.3 Å². The summed E-state index contributed by atoms with van der Waals surface area (Å²) in [6, 6.07) is 8.88. The number of hydrogen-bond donors (Lipinski definition) is 2. The van der Waals surface area contributed by atoms with Crippen LogP contribution in [0.2, 0.25) is 0 Å². The summed E-state index contributed by atoms with van der Waals surface area (Å²) in [5.41, 5.74) is 8.06. The first-order valence-corrected chi connectivity index (χ1v) is 7.05. The van der Waals surface area contributed by atoms with E-state index in [0.29, 0.717) is 12.1 Å². The van der Waals surface area contributed by atoms with E-state index in [4.69, 9.17) is 5.73 Å². The molecule has 2 bridgehead atoms. The maximum absolute atomic E-state index is 12.4. The Morgan fingerprint density at radius 2 is 2.00 bits per heavy atom. The van der Waals surface area contributed by atoms with Crippen molar-refractivity contribution >= 4 is 11.7 Å². The molecule has 0 saturated carbocycles. The van der Waals surface area contributed by atoms with Gasteiger partial charge in [0.1, 0.15) is 0 Å². The number of piperidine rings is 1. The van der Waals surface area contributed by atoms with Crippen LogP contribution in [0.5, 0.6) is 0 Å². The molecular formula is C15H21N3O. The zero-order valence-electron chi connectivity index (χ0n) is 11.3. The van der Waals surface area contributed by atoms with Gasteiger partial charge < -0.3 is 16.0 Å². The summed E-state index contributed by atoms with van der Waals surface area (Å²) in [6.45, 7) is 2.03. The Labute approximate surface area is 114 Å². The Morgan fingerprint density at radius 1 is 1.32 bits per heavy atom. The topological polar surface area (TPSA) is 58.4 Å². The molecule has 19 heavy (non-hydrogen) atoms. The van der Waals surface area contributed by atoms with Crippen LogP contribution in [-0.2, 0) is 0 Å². The van der Waals surface area contributed by atoms with Gasteiger partial charge in [-0.15, -0.1) is 0 Å². The molecule has 0 aromatic heterocycles. The predicted molar refractivity (Wildman–Crippen MR) is 76.1 cm³/mol. The molecule has 2 saturated heterocycles. The van der Waals surface area contributed by atoms with E-state index in [1.807, 2.05) is 36.1 Å². The second-order valence-electron chi connectivity index (χ2n) is 5.82. The molecular weight excluding hydrogens is 238 g/mol. The molecule has 102 valence electrons. The highest BCUT2D eigenvalue weighted by Crippen LogP contribution is 2.35. The third-order valence-electron chi connectivity index (χ3n) is 4.27. The van der Waals surface area contributed by atoms with E-state index in [1.165, 1.54) is 0 Å². The van der Waals surface area contributed by atoms with E-state index in [-0.39, 0.29) is 12.1 Å². The van der Waals surface area contributed by atoms with Gasteiger partial charge >= 0.3 is 6.03 Å². The van der Waals surface area contributed by atoms with Crippen molar-refractivity contribution in [2.75, 3.05) is 5.32 Å². The molecule has 4 heteroatoms. The second-order valence-corrected chi connectivity index (χ2v) is 5.82. The first kappa shape index (κ1) is 12.5. The third-order valence-corrected chi connectivity index (χ3v) is 4.27. The van der Waals surface area contributed by atoms with E-state index >= 15 is 0 Å². The van der Waals surface area contributed by atoms with E-state index in [0.717, 1.165) is 36.9 Å². The number of benzene rings is 1. The van der Waals surface area contributed by atoms with Crippen LogP contribution in [0.25, 0.3) is 0 Å². The molecule has 3 rings (SSSR count). The van der Waals surface area contributed by atoms with Gasteiger partial charge in [0.25, 0.3) is 0 Å². The average molecular weight is 259 g/mol. The van der Waals surface area contributed by atoms with Gasteiger partial charge in [-0.3, -0.25) is 0 Å². The Balaban J connectivity index is 1.71. The van der Waals surface area contributed by atoms with Gasteiger partial charge in [-0.1, -0.05) is 12.1 Å². The number of nitrogens with zero attached hydrogens (tertiary/aromatic N) is 1. The number of anilines is 1. The van der Waals surface area contributed by atoms with Crippen LogP contribution in [0.3, 0.4) is 0 Å². The molecule has 2 unspecified atom stereocenters. The number of amides is 2. The van der Waals surface area contributed by atoms with Crippen molar-refractivity contribution in [2.24, 2.45) is 5.73 Å². The smallest absolute Gasteiger partial charge is 0.322 e. The number of hydrogen-bond acceptors (Lipinski definition) is 2. The molecule has 4 nitrogen and oxygen atoms in total. The number of carbonyl (C=O) groups excluding carboxylic acids is 1. The van der Waals surface area contributed by atoms with Gasteiger partial charge in [0.05, 0.1) is 0 Å². The number of rotatable bonds is 1. The average Bonchev–Trinajstić information content (AvgIpc) is 2.62. The Morgan fingerprint density at radius 3 is 2.63 bits per heavy atom. The highest BCUT2D eigenvalue weighted by atomic mass is 16.2. The first-order chi connectivity index (χ1) is 9.13. The Bertz CT molecular complexity index is 474. The van der Waals surface area contributed by atoms with Gasteiger partial charge in [0.2, 0.25) is 0 Å². The molecule has 2 fully saturated rings. The maximum Gasteiger partial charge on any atom is 0.322 e. The van der Waals surface area contributed by atoms with Gasteiger partial charge in [0.15, 0.2) is 0 Å². The number of aryl methyl sites for hydroxylation is 1. The van der Waals surface area contributed by atoms with Crippen LogP contribution in [0.4, 0.5) is 10.5 Å². The highest BCUT2D eigenvalue weighted by molar-refractivity contribution is 5.90. The molecule has 2 aliphatic heterocycles. The molecule has 1 aromatic rings. The standard InChI is InChI=1S/C15H21N3O/c1-10-3-2-4-12(7-10)17-15(19)18-13-5-6-14(18)9-11(16)8-13/h2-4,7,11,13-14H,5-6,8-9,16H2,1H3,(H,17,19). The quantitative estimate of drug-likeness (QED) is 0.814. The molecule has 2 aliphatic rings. The van der Waals surface area contributed by atoms with Crippen molar-refractivity contribution in [2.45, 2.75) is 50.7 Å². The number of nitrogens with two attached hydrogens (primary N) is 1. The van der Waals surface area contributed by atoms with Gasteiger partial charge in [-0.25, -0.2) is 4.79 Å². The van der Waals surface area contributed by atoms with Crippen LogP contribution in [-0.4, -0.2) is 29.1 Å². The molecule has 3 N–H and O–H groups in total. The fourth-order valence-corrected chi connectivity index (χ4v) is 3.46. The molecule has 0 spiro atoms. The molecule has 0 aliphatic carbocycles. The van der Waals surface area contributed by atoms with Crippen molar-refractivity contribution in [1.29, 1.82) is 0 Å². The summed E-state index contributed by atoms with van der Waals surface area (Å²) >= 11 is 0. The highest BCUT2D eigenvalue weighted by Gasteiger charge is 2.42. The zero-order chi connectivity index (χ0) is 13.4. The normalized spacial score (nSPS) is 29.4. The van der Waals surface area contributed by atoms with E-state index in [2.05, 4.69) is 5.32 Å². The van der Waals surface area contributed by atoms with Crippen molar-refractivity contribution in [3.8, 4) is 0 Å². The molecule has 2 atom stereocenters. The van der Waals surface area contributed by atoms with Crippen LogP contribution in [0, 0.1) is 6.92 Å². The van der Waals surface area contributed by atoms with Gasteiger partial charge in [-0.2, -0.15) is 0 Å². The maximum atomic E-state index is 12.4. The Hall–Kier alpha value is -1.55. The lowest BCUT2D eigenvalue weighted by Gasteiger charge is -2.37. The van der Waals surface area contributed by atoms with Gasteiger partial charge in [-0.05, 0) is 50.3 Å². The predicted octanol–water partition coefficient (Wildman–Crippen LogP) is 2.48. The van der Waals surface area contributed by atoms with Gasteiger partial charge in [0, 0.05) is 23.8 Å². The zero-order valence-corrected chi connectivity index (χ0v) is 11.3. The monoisotopic (exact) mass is 259 g/mol. The molecule has 2 heterocycles. The minimum absolute atomic E-state index is 0.0324. The number of nitrogens with one attached hydrogen (secondary N) is 1. The fourth-order valence-electron chi connectivity index (χ4n) is 3.46. The lowest BCUT2D eigenvalue weighted by molar-refractivity contribution is 0.150. The lowest BCUT2D eigenvalue weighted by atomic mass is 9.99. The fraction of sp³-hybridized carbons (Fsp3) is 0.533. The second kappa shape index (κ2) is 4.85.